The van der Waals surface area contributed by atoms with E-state index < -0.39 is 0 Å². The summed E-state index contributed by atoms with van der Waals surface area (Å²) < 4.78 is 0. The molecule has 1 saturated carbocycles. The van der Waals surface area contributed by atoms with E-state index in [4.69, 9.17) is 4.98 Å². The largest absolute Gasteiger partial charge is 0.356 e. The summed E-state index contributed by atoms with van der Waals surface area (Å²) in [5, 5.41) is 3.13. The number of likely N-dealkylation sites (tertiary alicyclic amines) is 1. The molecule has 1 aliphatic heterocycles. The summed E-state index contributed by atoms with van der Waals surface area (Å²) in [5.74, 6) is 1.96. The maximum Gasteiger partial charge on any atom is 0.225 e. The summed E-state index contributed by atoms with van der Waals surface area (Å²) in [4.78, 5) is 40.0. The van der Waals surface area contributed by atoms with E-state index in [1.807, 2.05) is 37.6 Å². The molecule has 1 aliphatic carbocycles. The maximum absolute atomic E-state index is 12.6. The van der Waals surface area contributed by atoms with Crippen molar-refractivity contribution in [1.29, 1.82) is 0 Å². The van der Waals surface area contributed by atoms with Crippen LogP contribution in [-0.2, 0) is 9.59 Å². The Morgan fingerprint density at radius 1 is 1.18 bits per heavy atom. The van der Waals surface area contributed by atoms with Gasteiger partial charge in [-0.3, -0.25) is 14.6 Å². The fourth-order valence-electron chi connectivity index (χ4n) is 5.04. The van der Waals surface area contributed by atoms with Crippen molar-refractivity contribution < 1.29 is 9.59 Å². The number of nitrogens with one attached hydrogen (secondary N) is 1. The predicted molar refractivity (Wildman–Crippen MR) is 127 cm³/mol. The first-order valence-electron chi connectivity index (χ1n) is 12.3. The van der Waals surface area contributed by atoms with Gasteiger partial charge in [-0.05, 0) is 56.2 Å². The van der Waals surface area contributed by atoms with Gasteiger partial charge in [-0.1, -0.05) is 13.8 Å². The van der Waals surface area contributed by atoms with Gasteiger partial charge < -0.3 is 10.2 Å². The molecule has 2 aliphatic rings. The van der Waals surface area contributed by atoms with Crippen molar-refractivity contribution >= 4 is 11.8 Å². The third-order valence-electron chi connectivity index (χ3n) is 7.11. The molecule has 7 nitrogen and oxygen atoms in total. The fraction of sp³-hybridized carbons (Fsp3) is 0.577. The topological polar surface area (TPSA) is 88.1 Å². The highest BCUT2D eigenvalue weighted by molar-refractivity contribution is 5.89. The molecule has 1 saturated heterocycles. The molecule has 2 aromatic rings. The van der Waals surface area contributed by atoms with E-state index >= 15 is 0 Å². The molecule has 2 aromatic heterocycles. The Morgan fingerprint density at radius 2 is 1.91 bits per heavy atom. The molecule has 1 atom stereocenters. The van der Waals surface area contributed by atoms with Crippen LogP contribution in [0.3, 0.4) is 0 Å². The van der Waals surface area contributed by atoms with Crippen molar-refractivity contribution in [3.8, 4) is 11.1 Å². The van der Waals surface area contributed by atoms with Crippen molar-refractivity contribution in [3.63, 3.8) is 0 Å². The van der Waals surface area contributed by atoms with Crippen LogP contribution in [0.15, 0.2) is 30.7 Å². The molecule has 2 fully saturated rings. The molecule has 7 heteroatoms. The van der Waals surface area contributed by atoms with Gasteiger partial charge in [0.15, 0.2) is 0 Å². The van der Waals surface area contributed by atoms with Crippen LogP contribution in [0.25, 0.3) is 11.1 Å². The summed E-state index contributed by atoms with van der Waals surface area (Å²) in [6.07, 6.45) is 10.2. The number of nitrogens with zero attached hydrogens (tertiary/aromatic N) is 4. The van der Waals surface area contributed by atoms with Crippen molar-refractivity contribution in [2.24, 2.45) is 11.8 Å². The summed E-state index contributed by atoms with van der Waals surface area (Å²) >= 11 is 0. The Morgan fingerprint density at radius 3 is 2.55 bits per heavy atom. The quantitative estimate of drug-likeness (QED) is 0.692. The second kappa shape index (κ2) is 10.4. The van der Waals surface area contributed by atoms with Gasteiger partial charge in [0.05, 0.1) is 11.6 Å². The van der Waals surface area contributed by atoms with Crippen LogP contribution in [0.2, 0.25) is 0 Å². The molecular weight excluding hydrogens is 414 g/mol. The molecule has 0 unspecified atom stereocenters. The van der Waals surface area contributed by atoms with Gasteiger partial charge in [0.1, 0.15) is 5.82 Å². The zero-order chi connectivity index (χ0) is 23.4. The average Bonchev–Trinajstić information content (AvgIpc) is 3.23. The molecular formula is C26H35N5O2. The van der Waals surface area contributed by atoms with Gasteiger partial charge in [-0.25, -0.2) is 9.97 Å². The monoisotopic (exact) mass is 449 g/mol. The van der Waals surface area contributed by atoms with Crippen molar-refractivity contribution in [3.05, 3.63) is 42.2 Å². The smallest absolute Gasteiger partial charge is 0.225 e. The summed E-state index contributed by atoms with van der Waals surface area (Å²) in [5.41, 5.74) is 3.35. The molecule has 0 spiro atoms. The van der Waals surface area contributed by atoms with E-state index in [9.17, 15) is 9.59 Å². The summed E-state index contributed by atoms with van der Waals surface area (Å²) in [6, 6.07) is 4.04. The van der Waals surface area contributed by atoms with Crippen molar-refractivity contribution in [2.45, 2.75) is 64.7 Å². The van der Waals surface area contributed by atoms with Gasteiger partial charge in [0, 0.05) is 62.0 Å². The number of carbonyl (C=O) groups is 2. The number of rotatable bonds is 7. The van der Waals surface area contributed by atoms with E-state index in [0.29, 0.717) is 37.9 Å². The zero-order valence-corrected chi connectivity index (χ0v) is 20.0. The Balaban J connectivity index is 1.37. The Hall–Kier alpha value is -2.83. The molecule has 4 rings (SSSR count). The number of hydrogen-bond donors (Lipinski definition) is 1. The van der Waals surface area contributed by atoms with Crippen LogP contribution in [0.5, 0.6) is 0 Å². The standard InChI is InChI=1S/C26H35N5O2/c1-4-31-16-21(13-23(31)32)26(33)29-14-18-5-7-20(8-6-18)24-22(19-9-11-27-12-10-19)15-28-25(30-24)17(2)3/h9-12,15,17-18,20-21H,4-8,13-14,16H2,1-3H3,(H,29,33)/t18?,20?,21-/m0/s1. The highest BCUT2D eigenvalue weighted by Crippen LogP contribution is 2.39. The first-order valence-corrected chi connectivity index (χ1v) is 12.3. The van der Waals surface area contributed by atoms with Crippen LogP contribution < -0.4 is 5.32 Å². The first kappa shape index (κ1) is 23.3. The Bertz CT molecular complexity index is 970. The van der Waals surface area contributed by atoms with Gasteiger partial charge in [0.2, 0.25) is 11.8 Å². The van der Waals surface area contributed by atoms with Gasteiger partial charge in [0.25, 0.3) is 0 Å². The highest BCUT2D eigenvalue weighted by Gasteiger charge is 2.34. The van der Waals surface area contributed by atoms with Crippen LogP contribution in [0.1, 0.15) is 76.2 Å². The fourth-order valence-corrected chi connectivity index (χ4v) is 5.04. The minimum absolute atomic E-state index is 0.0266. The summed E-state index contributed by atoms with van der Waals surface area (Å²) in [7, 11) is 0. The third-order valence-corrected chi connectivity index (χ3v) is 7.11. The number of amides is 2. The highest BCUT2D eigenvalue weighted by atomic mass is 16.2. The lowest BCUT2D eigenvalue weighted by Crippen LogP contribution is -2.36. The number of hydrogen-bond acceptors (Lipinski definition) is 5. The van der Waals surface area contributed by atoms with Crippen LogP contribution in [0, 0.1) is 11.8 Å². The minimum Gasteiger partial charge on any atom is -0.356 e. The van der Waals surface area contributed by atoms with Gasteiger partial charge >= 0.3 is 0 Å². The van der Waals surface area contributed by atoms with Crippen molar-refractivity contribution in [2.75, 3.05) is 19.6 Å². The lowest BCUT2D eigenvalue weighted by atomic mass is 9.79. The Labute approximate surface area is 196 Å². The predicted octanol–water partition coefficient (Wildman–Crippen LogP) is 3.92. The Kier molecular flexibility index (Phi) is 7.36. The SMILES string of the molecule is CCN1C[C@@H](C(=O)NCC2CCC(c3nc(C(C)C)ncc3-c3ccncc3)CC2)CC1=O. The third kappa shape index (κ3) is 5.40. The number of carbonyl (C=O) groups excluding carboxylic acids is 2. The van der Waals surface area contributed by atoms with Gasteiger partial charge in [-0.2, -0.15) is 0 Å². The van der Waals surface area contributed by atoms with Crippen LogP contribution in [-0.4, -0.2) is 51.3 Å². The molecule has 176 valence electrons. The molecule has 0 radical (unpaired) electrons. The number of pyridine rings is 1. The zero-order valence-electron chi connectivity index (χ0n) is 20.0. The molecule has 3 heterocycles. The molecule has 0 bridgehead atoms. The molecule has 1 N–H and O–H groups in total. The molecule has 2 amide bonds. The van der Waals surface area contributed by atoms with E-state index in [2.05, 4.69) is 29.1 Å². The van der Waals surface area contributed by atoms with E-state index in [1.165, 1.54) is 0 Å². The molecule has 33 heavy (non-hydrogen) atoms. The normalized spacial score (nSPS) is 23.2. The average molecular weight is 450 g/mol. The van der Waals surface area contributed by atoms with Gasteiger partial charge in [-0.15, -0.1) is 0 Å². The first-order chi connectivity index (χ1) is 16.0. The lowest BCUT2D eigenvalue weighted by molar-refractivity contribution is -0.128. The second-order valence-electron chi connectivity index (χ2n) is 9.71. The lowest BCUT2D eigenvalue weighted by Gasteiger charge is -2.30. The van der Waals surface area contributed by atoms with E-state index in [-0.39, 0.29) is 23.7 Å². The second-order valence-corrected chi connectivity index (χ2v) is 9.71. The maximum atomic E-state index is 12.6. The van der Waals surface area contributed by atoms with Crippen LogP contribution >= 0.6 is 0 Å². The van der Waals surface area contributed by atoms with Crippen molar-refractivity contribution in [1.82, 2.24) is 25.2 Å². The number of aromatic nitrogens is 3. The minimum atomic E-state index is -0.202. The van der Waals surface area contributed by atoms with E-state index in [0.717, 1.165) is 48.3 Å². The summed E-state index contributed by atoms with van der Waals surface area (Å²) in [6.45, 7) is 8.14. The van der Waals surface area contributed by atoms with Crippen LogP contribution in [0.4, 0.5) is 0 Å². The molecule has 0 aromatic carbocycles. The van der Waals surface area contributed by atoms with E-state index in [1.54, 1.807) is 4.90 Å².